The fourth-order valence-electron chi connectivity index (χ4n) is 0.0519. The molecular formula is CH2N2O3S. The van der Waals surface area contributed by atoms with Crippen LogP contribution in [0.1, 0.15) is 0 Å². The first-order chi connectivity index (χ1) is 3.06. The summed E-state index contributed by atoms with van der Waals surface area (Å²) in [6.07, 6.45) is 0.895. The second-order valence-corrected chi connectivity index (χ2v) is 1.82. The minimum absolute atomic E-state index is 0.895. The van der Waals surface area contributed by atoms with Crippen LogP contribution in [0.2, 0.25) is 0 Å². The predicted molar refractivity (Wildman–Crippen MR) is 19.8 cm³/mol. The Morgan fingerprint density at radius 2 is 2.14 bits per heavy atom. The summed E-state index contributed by atoms with van der Waals surface area (Å²) in [7, 11) is -4.04. The molecule has 0 unspecified atom stereocenters. The van der Waals surface area contributed by atoms with E-state index in [-0.39, 0.29) is 0 Å². The van der Waals surface area contributed by atoms with Gasteiger partial charge in [0.25, 0.3) is 0 Å². The fraction of sp³-hybridized carbons (Fsp3) is 0. The molecule has 0 spiro atoms. The van der Waals surface area contributed by atoms with Crippen LogP contribution in [0.15, 0.2) is 0 Å². The molecule has 0 aromatic rings. The van der Waals surface area contributed by atoms with Crippen LogP contribution in [0.4, 0.5) is 0 Å². The number of nitrogens with zero attached hydrogens (tertiary/aromatic N) is 1. The van der Waals surface area contributed by atoms with Crippen molar-refractivity contribution in [2.24, 2.45) is 5.14 Å². The Labute approximate surface area is 40.6 Å². The maximum Gasteiger partial charge on any atom is 0.389 e. The molecule has 0 saturated carbocycles. The lowest BCUT2D eigenvalue weighted by Crippen LogP contribution is -2.12. The molecule has 0 heterocycles. The van der Waals surface area contributed by atoms with Gasteiger partial charge in [-0.2, -0.15) is 13.6 Å². The molecule has 2 N–H and O–H groups in total. The van der Waals surface area contributed by atoms with Crippen molar-refractivity contribution >= 4 is 10.3 Å². The Hall–Kier alpha value is -0.800. The molecule has 6 heteroatoms. The van der Waals surface area contributed by atoms with Crippen molar-refractivity contribution in [1.82, 2.24) is 0 Å². The van der Waals surface area contributed by atoms with Crippen molar-refractivity contribution in [3.8, 4) is 6.26 Å². The molecule has 40 valence electrons. The maximum atomic E-state index is 9.56. The molecule has 0 aliphatic carbocycles. The molecule has 7 heavy (non-hydrogen) atoms. The van der Waals surface area contributed by atoms with Crippen LogP contribution in [0.25, 0.3) is 0 Å². The molecule has 0 aliphatic rings. The van der Waals surface area contributed by atoms with Crippen LogP contribution in [-0.2, 0) is 14.5 Å². The van der Waals surface area contributed by atoms with E-state index >= 15 is 0 Å². The molecular weight excluding hydrogens is 120 g/mol. The summed E-state index contributed by atoms with van der Waals surface area (Å²) in [6.45, 7) is 0. The van der Waals surface area contributed by atoms with Gasteiger partial charge in [-0.15, -0.1) is 5.26 Å². The summed E-state index contributed by atoms with van der Waals surface area (Å²) < 4.78 is 22.4. The lowest BCUT2D eigenvalue weighted by atomic mass is 11.6. The topological polar surface area (TPSA) is 93.2 Å². The minimum atomic E-state index is -4.04. The van der Waals surface area contributed by atoms with Gasteiger partial charge < -0.3 is 0 Å². The van der Waals surface area contributed by atoms with E-state index in [2.05, 4.69) is 9.32 Å². The molecule has 0 atom stereocenters. The Morgan fingerprint density at radius 3 is 2.14 bits per heavy atom. The van der Waals surface area contributed by atoms with E-state index in [1.807, 2.05) is 0 Å². The highest BCUT2D eigenvalue weighted by Crippen LogP contribution is 1.73. The Bertz CT molecular complexity index is 174. The van der Waals surface area contributed by atoms with Crippen molar-refractivity contribution in [2.45, 2.75) is 0 Å². The minimum Gasteiger partial charge on any atom is -0.290 e. The highest BCUT2D eigenvalue weighted by molar-refractivity contribution is 7.84. The third-order valence-corrected chi connectivity index (χ3v) is 0.460. The Morgan fingerprint density at radius 1 is 1.71 bits per heavy atom. The zero-order chi connectivity index (χ0) is 5.91. The molecule has 5 nitrogen and oxygen atoms in total. The second-order valence-electron chi connectivity index (χ2n) is 0.667. The van der Waals surface area contributed by atoms with E-state index in [9.17, 15) is 8.42 Å². The van der Waals surface area contributed by atoms with Crippen molar-refractivity contribution in [1.29, 1.82) is 5.26 Å². The molecule has 0 amide bonds. The highest BCUT2D eigenvalue weighted by atomic mass is 32.2. The zero-order valence-electron chi connectivity index (χ0n) is 3.16. The van der Waals surface area contributed by atoms with E-state index in [0.717, 1.165) is 6.26 Å². The van der Waals surface area contributed by atoms with Gasteiger partial charge in [-0.25, -0.2) is 0 Å². The van der Waals surface area contributed by atoms with E-state index in [0.29, 0.717) is 0 Å². The number of hydrogen-bond donors (Lipinski definition) is 1. The number of rotatable bonds is 1. The monoisotopic (exact) mass is 122 g/mol. The summed E-state index contributed by atoms with van der Waals surface area (Å²) in [6, 6.07) is 0. The Balaban J connectivity index is 3.92. The molecule has 0 radical (unpaired) electrons. The largest absolute Gasteiger partial charge is 0.389 e. The third-order valence-electron chi connectivity index (χ3n) is 0.153. The van der Waals surface area contributed by atoms with Crippen molar-refractivity contribution in [3.05, 3.63) is 0 Å². The van der Waals surface area contributed by atoms with Crippen molar-refractivity contribution < 1.29 is 12.6 Å². The van der Waals surface area contributed by atoms with Crippen LogP contribution in [0, 0.1) is 11.5 Å². The third kappa shape index (κ3) is 5.20. The lowest BCUT2D eigenvalue weighted by Gasteiger charge is -1.82. The first kappa shape index (κ1) is 6.20. The van der Waals surface area contributed by atoms with Crippen LogP contribution < -0.4 is 5.14 Å². The molecule has 0 aliphatic heterocycles. The number of hydrogen-bond acceptors (Lipinski definition) is 4. The summed E-state index contributed by atoms with van der Waals surface area (Å²) in [5.41, 5.74) is 0. The van der Waals surface area contributed by atoms with Gasteiger partial charge in [-0.1, -0.05) is 0 Å². The van der Waals surface area contributed by atoms with E-state index < -0.39 is 10.3 Å². The van der Waals surface area contributed by atoms with Gasteiger partial charge in [0, 0.05) is 0 Å². The summed E-state index contributed by atoms with van der Waals surface area (Å²) in [5.74, 6) is 0. The molecule has 0 aromatic carbocycles. The van der Waals surface area contributed by atoms with Gasteiger partial charge in [-0.05, 0) is 0 Å². The van der Waals surface area contributed by atoms with Crippen molar-refractivity contribution in [2.75, 3.05) is 0 Å². The van der Waals surface area contributed by atoms with Crippen LogP contribution in [0.3, 0.4) is 0 Å². The van der Waals surface area contributed by atoms with Crippen molar-refractivity contribution in [3.63, 3.8) is 0 Å². The smallest absolute Gasteiger partial charge is 0.290 e. The van der Waals surface area contributed by atoms with Gasteiger partial charge in [0.2, 0.25) is 0 Å². The summed E-state index contributed by atoms with van der Waals surface area (Å²) >= 11 is 0. The first-order valence-electron chi connectivity index (χ1n) is 1.16. The number of nitrogens with two attached hydrogens (primary N) is 1. The zero-order valence-corrected chi connectivity index (χ0v) is 3.97. The fourth-order valence-corrected chi connectivity index (χ4v) is 0.156. The summed E-state index contributed by atoms with van der Waals surface area (Å²) in [5, 5.41) is 11.6. The van der Waals surface area contributed by atoms with Gasteiger partial charge >= 0.3 is 16.6 Å². The van der Waals surface area contributed by atoms with Crippen LogP contribution >= 0.6 is 0 Å². The van der Waals surface area contributed by atoms with E-state index in [1.54, 1.807) is 0 Å². The lowest BCUT2D eigenvalue weighted by molar-refractivity contribution is 0.460. The van der Waals surface area contributed by atoms with E-state index in [1.165, 1.54) is 0 Å². The first-order valence-corrected chi connectivity index (χ1v) is 2.63. The molecule has 0 rings (SSSR count). The van der Waals surface area contributed by atoms with E-state index in [4.69, 9.17) is 5.26 Å². The van der Waals surface area contributed by atoms with Gasteiger partial charge in [0.1, 0.15) is 0 Å². The number of nitriles is 1. The Kier molecular flexibility index (Phi) is 1.57. The normalized spacial score (nSPS) is 9.71. The van der Waals surface area contributed by atoms with Crippen LogP contribution in [-0.4, -0.2) is 8.42 Å². The average molecular weight is 122 g/mol. The average Bonchev–Trinajstić information content (AvgIpc) is 1.30. The standard InChI is InChI=1S/CH2N2O3S/c2-1-6-7(3,4)5/h(H2,3,4,5). The SMILES string of the molecule is N#COS(N)(=O)=O. The maximum absolute atomic E-state index is 9.56. The molecule has 0 saturated heterocycles. The molecule has 0 bridgehead atoms. The quantitative estimate of drug-likeness (QED) is 0.437. The summed E-state index contributed by atoms with van der Waals surface area (Å²) in [4.78, 5) is 0. The molecule has 0 aromatic heterocycles. The van der Waals surface area contributed by atoms with Gasteiger partial charge in [0.15, 0.2) is 0 Å². The predicted octanol–water partition coefficient (Wildman–Crippen LogP) is -1.31. The highest BCUT2D eigenvalue weighted by Gasteiger charge is 1.96. The van der Waals surface area contributed by atoms with Gasteiger partial charge in [0.05, 0.1) is 0 Å². The second kappa shape index (κ2) is 1.77. The molecule has 0 fully saturated rings. The van der Waals surface area contributed by atoms with Crippen LogP contribution in [0.5, 0.6) is 0 Å². The van der Waals surface area contributed by atoms with Gasteiger partial charge in [-0.3, -0.25) is 4.18 Å².